The maximum atomic E-state index is 10.8. The Balaban J connectivity index is 2.79. The topological polar surface area (TPSA) is 81.0 Å². The molecule has 0 radical (unpaired) electrons. The molecule has 1 heterocycles. The second-order valence-corrected chi connectivity index (χ2v) is 2.25. The summed E-state index contributed by atoms with van der Waals surface area (Å²) in [6.45, 7) is 2.74. The number of nitrogen functional groups attached to an aromatic ring is 1. The molecule has 1 aromatic heterocycles. The number of aromatic nitrogens is 2. The molecule has 0 aliphatic heterocycles. The van der Waals surface area contributed by atoms with Crippen molar-refractivity contribution in [3.05, 3.63) is 22.2 Å². The van der Waals surface area contributed by atoms with Crippen LogP contribution in [0.2, 0.25) is 0 Å². The molecule has 0 saturated heterocycles. The number of hydrogen-bond acceptors (Lipinski definition) is 4. The molecule has 3 N–H and O–H groups in total. The average Bonchev–Trinajstić information content (AvgIpc) is 1.99. The maximum absolute atomic E-state index is 10.8. The molecule has 0 atom stereocenters. The average molecular weight is 169 g/mol. The predicted molar refractivity (Wildman–Crippen MR) is 44.6 cm³/mol. The molecule has 66 valence electrons. The highest BCUT2D eigenvalue weighted by Gasteiger charge is 1.96. The Kier molecular flexibility index (Phi) is 2.82. The van der Waals surface area contributed by atoms with E-state index >= 15 is 0 Å². The zero-order valence-electron chi connectivity index (χ0n) is 6.83. The fraction of sp³-hybridized carbons (Fsp3) is 0.429. The smallest absolute Gasteiger partial charge is 0.253 e. The van der Waals surface area contributed by atoms with Crippen LogP contribution in [0.4, 0.5) is 5.82 Å². The Bertz CT molecular complexity index is 308. The van der Waals surface area contributed by atoms with Gasteiger partial charge in [-0.2, -0.15) is 0 Å². The van der Waals surface area contributed by atoms with Crippen LogP contribution in [0.15, 0.2) is 10.9 Å². The lowest BCUT2D eigenvalue weighted by Crippen LogP contribution is -2.13. The second kappa shape index (κ2) is 3.87. The molecule has 0 bridgehead atoms. The Hall–Kier alpha value is -1.36. The minimum Gasteiger partial charge on any atom is -0.383 e. The predicted octanol–water partition coefficient (Wildman–Crippen LogP) is -0.111. The molecule has 0 saturated carbocycles. The van der Waals surface area contributed by atoms with Gasteiger partial charge in [0.1, 0.15) is 18.2 Å². The van der Waals surface area contributed by atoms with Crippen LogP contribution in [0, 0.1) is 0 Å². The highest BCUT2D eigenvalue weighted by molar-refractivity contribution is 5.24. The van der Waals surface area contributed by atoms with Gasteiger partial charge in [0.15, 0.2) is 0 Å². The number of aromatic amines is 1. The minimum absolute atomic E-state index is 0.216. The van der Waals surface area contributed by atoms with Crippen LogP contribution >= 0.6 is 0 Å². The first-order chi connectivity index (χ1) is 5.72. The van der Waals surface area contributed by atoms with Gasteiger partial charge in [0.2, 0.25) is 0 Å². The molecule has 0 unspecified atom stereocenters. The van der Waals surface area contributed by atoms with Gasteiger partial charge in [-0.25, -0.2) is 4.98 Å². The van der Waals surface area contributed by atoms with Crippen molar-refractivity contribution in [1.29, 1.82) is 0 Å². The summed E-state index contributed by atoms with van der Waals surface area (Å²) in [7, 11) is 0. The molecule has 0 aliphatic carbocycles. The fourth-order valence-corrected chi connectivity index (χ4v) is 0.796. The molecule has 12 heavy (non-hydrogen) atoms. The van der Waals surface area contributed by atoms with Gasteiger partial charge in [0.25, 0.3) is 5.56 Å². The SMILES string of the molecule is CCOCc1nc(N)cc(=O)[nH]1. The molecule has 0 amide bonds. The minimum atomic E-state index is -0.253. The lowest BCUT2D eigenvalue weighted by atomic mass is 10.5. The van der Waals surface area contributed by atoms with E-state index in [1.807, 2.05) is 6.92 Å². The van der Waals surface area contributed by atoms with E-state index in [4.69, 9.17) is 10.5 Å². The molecule has 5 heteroatoms. The van der Waals surface area contributed by atoms with E-state index < -0.39 is 0 Å². The summed E-state index contributed by atoms with van der Waals surface area (Å²) in [5, 5.41) is 0. The van der Waals surface area contributed by atoms with Crippen LogP contribution in [-0.2, 0) is 11.3 Å². The number of H-pyrrole nitrogens is 1. The van der Waals surface area contributed by atoms with Gasteiger partial charge in [-0.3, -0.25) is 4.79 Å². The number of hydrogen-bond donors (Lipinski definition) is 2. The summed E-state index contributed by atoms with van der Waals surface area (Å²) >= 11 is 0. The zero-order valence-corrected chi connectivity index (χ0v) is 6.83. The second-order valence-electron chi connectivity index (χ2n) is 2.25. The molecule has 0 aliphatic rings. The van der Waals surface area contributed by atoms with E-state index in [9.17, 15) is 4.79 Å². The van der Waals surface area contributed by atoms with E-state index in [2.05, 4.69) is 9.97 Å². The van der Waals surface area contributed by atoms with Crippen molar-refractivity contribution in [2.45, 2.75) is 13.5 Å². The Morgan fingerprint density at radius 1 is 1.75 bits per heavy atom. The van der Waals surface area contributed by atoms with Crippen molar-refractivity contribution < 1.29 is 4.74 Å². The Morgan fingerprint density at radius 3 is 3.08 bits per heavy atom. The lowest BCUT2D eigenvalue weighted by Gasteiger charge is -2.00. The molecular formula is C7H11N3O2. The normalized spacial score (nSPS) is 10.1. The number of rotatable bonds is 3. The van der Waals surface area contributed by atoms with Crippen LogP contribution in [0.25, 0.3) is 0 Å². The van der Waals surface area contributed by atoms with Crippen molar-refractivity contribution in [2.75, 3.05) is 12.3 Å². The maximum Gasteiger partial charge on any atom is 0.253 e. The van der Waals surface area contributed by atoms with Crippen molar-refractivity contribution in [3.8, 4) is 0 Å². The first-order valence-corrected chi connectivity index (χ1v) is 3.66. The summed E-state index contributed by atoms with van der Waals surface area (Å²) in [6, 6.07) is 1.23. The first-order valence-electron chi connectivity index (χ1n) is 3.66. The summed E-state index contributed by atoms with van der Waals surface area (Å²) in [4.78, 5) is 17.2. The van der Waals surface area contributed by atoms with Gasteiger partial charge in [-0.05, 0) is 6.92 Å². The van der Waals surface area contributed by atoms with Gasteiger partial charge in [-0.15, -0.1) is 0 Å². The van der Waals surface area contributed by atoms with Crippen LogP contribution < -0.4 is 11.3 Å². The fourth-order valence-electron chi connectivity index (χ4n) is 0.796. The largest absolute Gasteiger partial charge is 0.383 e. The van der Waals surface area contributed by atoms with E-state index in [0.717, 1.165) is 0 Å². The number of anilines is 1. The van der Waals surface area contributed by atoms with E-state index in [0.29, 0.717) is 12.4 Å². The van der Waals surface area contributed by atoms with Gasteiger partial charge >= 0.3 is 0 Å². The number of nitrogens with two attached hydrogens (primary N) is 1. The Morgan fingerprint density at radius 2 is 2.50 bits per heavy atom. The number of nitrogens with zero attached hydrogens (tertiary/aromatic N) is 1. The molecule has 1 rings (SSSR count). The third-order valence-electron chi connectivity index (χ3n) is 1.25. The van der Waals surface area contributed by atoms with Gasteiger partial charge < -0.3 is 15.5 Å². The van der Waals surface area contributed by atoms with Crippen molar-refractivity contribution in [1.82, 2.24) is 9.97 Å². The first kappa shape index (κ1) is 8.73. The van der Waals surface area contributed by atoms with Gasteiger partial charge in [0.05, 0.1) is 0 Å². The highest BCUT2D eigenvalue weighted by Crippen LogP contribution is 1.93. The third kappa shape index (κ3) is 2.35. The monoisotopic (exact) mass is 169 g/mol. The molecular weight excluding hydrogens is 158 g/mol. The van der Waals surface area contributed by atoms with E-state index in [1.54, 1.807) is 0 Å². The molecule has 0 aromatic carbocycles. The van der Waals surface area contributed by atoms with Crippen molar-refractivity contribution in [2.24, 2.45) is 0 Å². The summed E-state index contributed by atoms with van der Waals surface area (Å²) in [5.41, 5.74) is 5.09. The van der Waals surface area contributed by atoms with Crippen LogP contribution in [0.3, 0.4) is 0 Å². The van der Waals surface area contributed by atoms with Crippen molar-refractivity contribution >= 4 is 5.82 Å². The summed E-state index contributed by atoms with van der Waals surface area (Å²) < 4.78 is 5.04. The van der Waals surface area contributed by atoms with Gasteiger partial charge in [-0.1, -0.05) is 0 Å². The molecule has 0 spiro atoms. The van der Waals surface area contributed by atoms with Crippen LogP contribution in [0.5, 0.6) is 0 Å². The van der Waals surface area contributed by atoms with E-state index in [-0.39, 0.29) is 18.0 Å². The zero-order chi connectivity index (χ0) is 8.97. The number of nitrogens with one attached hydrogen (secondary N) is 1. The standard InChI is InChI=1S/C7H11N3O2/c1-2-12-4-6-9-5(8)3-7(11)10-6/h3H,2,4H2,1H3,(H3,8,9,10,11). The highest BCUT2D eigenvalue weighted by atomic mass is 16.5. The quantitative estimate of drug-likeness (QED) is 0.661. The van der Waals surface area contributed by atoms with Gasteiger partial charge in [0, 0.05) is 12.7 Å². The number of ether oxygens (including phenoxy) is 1. The summed E-state index contributed by atoms with van der Waals surface area (Å²) in [6.07, 6.45) is 0. The lowest BCUT2D eigenvalue weighted by molar-refractivity contribution is 0.128. The van der Waals surface area contributed by atoms with E-state index in [1.165, 1.54) is 6.07 Å². The molecule has 0 fully saturated rings. The third-order valence-corrected chi connectivity index (χ3v) is 1.25. The van der Waals surface area contributed by atoms with Crippen LogP contribution in [-0.4, -0.2) is 16.6 Å². The van der Waals surface area contributed by atoms with Crippen LogP contribution in [0.1, 0.15) is 12.7 Å². The Labute approximate surface area is 69.6 Å². The molecule has 5 nitrogen and oxygen atoms in total. The van der Waals surface area contributed by atoms with Crippen molar-refractivity contribution in [3.63, 3.8) is 0 Å². The molecule has 1 aromatic rings. The summed E-state index contributed by atoms with van der Waals surface area (Å²) in [5.74, 6) is 0.676.